The number of likely N-dealkylation sites (tertiary alicyclic amines) is 1. The van der Waals surface area contributed by atoms with Gasteiger partial charge in [-0.15, -0.1) is 24.8 Å². The molecule has 0 radical (unpaired) electrons. The Kier molecular flexibility index (Phi) is 13.9. The van der Waals surface area contributed by atoms with Gasteiger partial charge in [-0.1, -0.05) is 20.8 Å². The van der Waals surface area contributed by atoms with E-state index in [1.165, 1.54) is 38.4 Å². The van der Waals surface area contributed by atoms with Gasteiger partial charge in [0.2, 0.25) is 17.7 Å². The average Bonchev–Trinajstić information content (AvgIpc) is 3.57. The molecular formula is C35H50Cl2N8O4. The van der Waals surface area contributed by atoms with E-state index in [9.17, 15) is 14.4 Å². The Morgan fingerprint density at radius 2 is 1.65 bits per heavy atom. The van der Waals surface area contributed by atoms with Crippen LogP contribution in [0.3, 0.4) is 0 Å². The van der Waals surface area contributed by atoms with Crippen molar-refractivity contribution in [3.05, 3.63) is 42.7 Å². The number of hydrogen-bond donors (Lipinski definition) is 4. The van der Waals surface area contributed by atoms with Gasteiger partial charge in [0.25, 0.3) is 0 Å². The molecule has 3 amide bonds. The third-order valence-corrected chi connectivity index (χ3v) is 9.13. The van der Waals surface area contributed by atoms with E-state index in [1.807, 2.05) is 32.9 Å². The molecule has 2 aliphatic rings. The van der Waals surface area contributed by atoms with E-state index < -0.39 is 23.5 Å². The Morgan fingerprint density at radius 3 is 2.29 bits per heavy atom. The fourth-order valence-electron chi connectivity index (χ4n) is 6.23. The highest BCUT2D eigenvalue weighted by Crippen LogP contribution is 2.34. The van der Waals surface area contributed by atoms with Gasteiger partial charge in [0, 0.05) is 42.5 Å². The van der Waals surface area contributed by atoms with Crippen LogP contribution in [0.1, 0.15) is 59.8 Å². The largest absolute Gasteiger partial charge is 0.494 e. The Morgan fingerprint density at radius 1 is 0.959 bits per heavy atom. The summed E-state index contributed by atoms with van der Waals surface area (Å²) in [5, 5.41) is 13.0. The predicted octanol–water partition coefficient (Wildman–Crippen LogP) is 5.28. The number of aromatic nitrogens is 2. The van der Waals surface area contributed by atoms with Crippen LogP contribution in [0.15, 0.2) is 42.7 Å². The van der Waals surface area contributed by atoms with Gasteiger partial charge in [0.05, 0.1) is 24.4 Å². The molecule has 1 aromatic heterocycles. The number of benzene rings is 2. The summed E-state index contributed by atoms with van der Waals surface area (Å²) in [6.45, 7) is 10.0. The summed E-state index contributed by atoms with van der Waals surface area (Å²) in [7, 11) is 3.23. The van der Waals surface area contributed by atoms with Gasteiger partial charge >= 0.3 is 0 Å². The minimum absolute atomic E-state index is 0. The minimum Gasteiger partial charge on any atom is -0.494 e. The maximum absolute atomic E-state index is 13.9. The van der Waals surface area contributed by atoms with Crippen molar-refractivity contribution in [2.45, 2.75) is 77.9 Å². The Labute approximate surface area is 301 Å². The number of ether oxygens (including phenoxy) is 1. The van der Waals surface area contributed by atoms with E-state index in [4.69, 9.17) is 4.74 Å². The van der Waals surface area contributed by atoms with Crippen molar-refractivity contribution in [1.82, 2.24) is 25.5 Å². The molecule has 49 heavy (non-hydrogen) atoms. The molecular weight excluding hydrogens is 667 g/mol. The molecule has 0 aliphatic carbocycles. The number of likely N-dealkylation sites (N-methyl/N-ethyl adjacent to an activating group) is 1. The van der Waals surface area contributed by atoms with E-state index in [-0.39, 0.29) is 42.5 Å². The third-order valence-electron chi connectivity index (χ3n) is 9.13. The predicted molar refractivity (Wildman–Crippen MR) is 200 cm³/mol. The third kappa shape index (κ3) is 9.23. The van der Waals surface area contributed by atoms with Crippen LogP contribution in [0.25, 0.3) is 10.9 Å². The van der Waals surface area contributed by atoms with E-state index in [0.29, 0.717) is 47.5 Å². The van der Waals surface area contributed by atoms with Crippen molar-refractivity contribution < 1.29 is 19.1 Å². The Balaban J connectivity index is 0.00000325. The zero-order chi connectivity index (χ0) is 33.7. The van der Waals surface area contributed by atoms with E-state index in [2.05, 4.69) is 48.3 Å². The number of halogens is 2. The van der Waals surface area contributed by atoms with Crippen molar-refractivity contribution >= 4 is 76.3 Å². The molecule has 3 atom stereocenters. The van der Waals surface area contributed by atoms with Crippen molar-refractivity contribution in [1.29, 1.82) is 0 Å². The fraction of sp³-hybridized carbons (Fsp3) is 0.514. The number of anilines is 4. The highest BCUT2D eigenvalue weighted by Gasteiger charge is 2.42. The topological polar surface area (TPSA) is 141 Å². The maximum Gasteiger partial charge on any atom is 0.247 e. The van der Waals surface area contributed by atoms with Crippen molar-refractivity contribution in [3.8, 4) is 5.75 Å². The molecule has 3 aromatic rings. The first-order valence-electron chi connectivity index (χ1n) is 16.5. The summed E-state index contributed by atoms with van der Waals surface area (Å²) >= 11 is 0. The normalized spacial score (nSPS) is 17.3. The number of nitrogens with zero attached hydrogens (tertiary/aromatic N) is 4. The smallest absolute Gasteiger partial charge is 0.247 e. The van der Waals surface area contributed by atoms with E-state index >= 15 is 0 Å². The zero-order valence-corrected chi connectivity index (χ0v) is 30.8. The van der Waals surface area contributed by atoms with Gasteiger partial charge in [-0.25, -0.2) is 9.97 Å². The zero-order valence-electron chi connectivity index (χ0n) is 29.2. The number of hydrogen-bond acceptors (Lipinski definition) is 9. The molecule has 0 saturated carbocycles. The minimum atomic E-state index is -0.797. The molecule has 2 aliphatic heterocycles. The Bertz CT molecular complexity index is 1590. The average molecular weight is 718 g/mol. The van der Waals surface area contributed by atoms with Gasteiger partial charge < -0.3 is 35.8 Å². The van der Waals surface area contributed by atoms with E-state index in [1.54, 1.807) is 31.0 Å². The van der Waals surface area contributed by atoms with Gasteiger partial charge in [0.1, 0.15) is 30.0 Å². The monoisotopic (exact) mass is 716 g/mol. The number of amides is 3. The summed E-state index contributed by atoms with van der Waals surface area (Å²) in [6.07, 6.45) is 6.40. The number of rotatable bonds is 10. The molecule has 268 valence electrons. The van der Waals surface area contributed by atoms with Gasteiger partial charge in [-0.2, -0.15) is 0 Å². The van der Waals surface area contributed by atoms with Crippen molar-refractivity contribution in [2.24, 2.45) is 5.41 Å². The van der Waals surface area contributed by atoms with Gasteiger partial charge in [0.15, 0.2) is 0 Å². The first kappa shape index (κ1) is 39.6. The molecule has 2 saturated heterocycles. The highest BCUT2D eigenvalue weighted by molar-refractivity contribution is 6.03. The lowest BCUT2D eigenvalue weighted by atomic mass is 9.85. The number of piperidine rings is 1. The van der Waals surface area contributed by atoms with E-state index in [0.717, 1.165) is 18.8 Å². The quantitative estimate of drug-likeness (QED) is 0.221. The molecule has 0 spiro atoms. The molecule has 2 fully saturated rings. The number of carbonyl (C=O) groups excluding carboxylic acids is 3. The van der Waals surface area contributed by atoms with Crippen LogP contribution in [-0.4, -0.2) is 84.5 Å². The van der Waals surface area contributed by atoms with Crippen LogP contribution < -0.4 is 30.9 Å². The molecule has 12 nitrogen and oxygen atoms in total. The molecule has 0 bridgehead atoms. The van der Waals surface area contributed by atoms with Crippen LogP contribution in [-0.2, 0) is 14.4 Å². The molecule has 14 heteroatoms. The summed E-state index contributed by atoms with van der Waals surface area (Å²) < 4.78 is 5.65. The van der Waals surface area contributed by atoms with Crippen molar-refractivity contribution in [3.63, 3.8) is 0 Å². The highest BCUT2D eigenvalue weighted by atomic mass is 35.5. The summed E-state index contributed by atoms with van der Waals surface area (Å²) in [4.78, 5) is 53.4. The van der Waals surface area contributed by atoms with Crippen LogP contribution in [0, 0.1) is 5.41 Å². The van der Waals surface area contributed by atoms with Crippen LogP contribution in [0.2, 0.25) is 0 Å². The number of nitrogens with one attached hydrogen (secondary N) is 4. The Hall–Kier alpha value is -3.87. The fourth-order valence-corrected chi connectivity index (χ4v) is 6.23. The summed E-state index contributed by atoms with van der Waals surface area (Å²) in [6, 6.07) is 9.94. The first-order valence-corrected chi connectivity index (χ1v) is 16.5. The molecule has 3 unspecified atom stereocenters. The molecule has 3 heterocycles. The summed E-state index contributed by atoms with van der Waals surface area (Å²) in [5.41, 5.74) is 2.63. The lowest BCUT2D eigenvalue weighted by Gasteiger charge is -2.36. The molecule has 4 N–H and O–H groups in total. The second kappa shape index (κ2) is 17.2. The molecule has 5 rings (SSSR count). The summed E-state index contributed by atoms with van der Waals surface area (Å²) in [5.74, 6) is 0.167. The first-order chi connectivity index (χ1) is 22.5. The van der Waals surface area contributed by atoms with Gasteiger partial charge in [-0.3, -0.25) is 14.4 Å². The number of carbonyl (C=O) groups is 3. The number of methoxy groups -OCH3 is 1. The van der Waals surface area contributed by atoms with Crippen molar-refractivity contribution in [2.75, 3.05) is 49.3 Å². The molecule has 2 aromatic carbocycles. The van der Waals surface area contributed by atoms with Crippen LogP contribution in [0.5, 0.6) is 5.75 Å². The van der Waals surface area contributed by atoms with Crippen LogP contribution >= 0.6 is 24.8 Å². The lowest BCUT2D eigenvalue weighted by molar-refractivity contribution is -0.143. The second-order valence-corrected chi connectivity index (χ2v) is 13.5. The van der Waals surface area contributed by atoms with Gasteiger partial charge in [-0.05, 0) is 81.8 Å². The standard InChI is InChI=1S/C35H48N8O4.2ClH/c1-22(36-5)32(44)41-30(35(2,3)4)34(46)43-18-10-11-28(43)33(45)40-27-19-25-26(20-29(27)47-6)37-21-38-31(25)39-23-12-14-24(15-13-23)42-16-8-7-9-17-42;;/h12-15,19-22,28,30,36H,7-11,16-18H2,1-6H3,(H,40,45)(H,41,44)(H,37,38,39);2*1H. The second-order valence-electron chi connectivity index (χ2n) is 13.5. The number of fused-ring (bicyclic) bond motifs is 1. The van der Waals surface area contributed by atoms with Crippen LogP contribution in [0.4, 0.5) is 22.9 Å². The lowest BCUT2D eigenvalue weighted by Crippen LogP contribution is -2.59. The maximum atomic E-state index is 13.9. The SMILES string of the molecule is CNC(C)C(=O)NC(C(=O)N1CCCC1C(=O)Nc1cc2c(Nc3ccc(N4CCCCC4)cc3)ncnc2cc1OC)C(C)(C)C.Cl.Cl.